The minimum Gasteiger partial charge on any atom is -0.481 e. The van der Waals surface area contributed by atoms with E-state index in [1.54, 1.807) is 41.5 Å². The Morgan fingerprint density at radius 3 is 0.632 bits per heavy atom. The molecule has 0 rings (SSSR count). The first kappa shape index (κ1) is 27.0. The van der Waals surface area contributed by atoms with Crippen LogP contribution >= 0.6 is 0 Å². The molecule has 3 N–H and O–H groups in total. The Balaban J connectivity index is -0.0000000865. The molecule has 0 saturated carbocycles. The number of aliphatic carboxylic acids is 3. The van der Waals surface area contributed by atoms with Gasteiger partial charge in [0.25, 0.3) is 0 Å². The van der Waals surface area contributed by atoms with E-state index in [-0.39, 0.29) is 50.5 Å². The number of rotatable bonds is 3. The average molecular weight is 353 g/mol. The zero-order valence-corrected chi connectivity index (χ0v) is 15.2. The summed E-state index contributed by atoms with van der Waals surface area (Å²) in [4.78, 5) is 29.1. The van der Waals surface area contributed by atoms with Crippen molar-refractivity contribution >= 4 is 17.9 Å². The van der Waals surface area contributed by atoms with E-state index in [4.69, 9.17) is 15.3 Å². The molecule has 0 aromatic heterocycles. The molecule has 0 aromatic rings. The molecule has 0 spiro atoms. The molecule has 19 heavy (non-hydrogen) atoms. The van der Waals surface area contributed by atoms with Crippen LogP contribution in [0, 0.1) is 17.8 Å². The summed E-state index contributed by atoms with van der Waals surface area (Å²) in [5.41, 5.74) is 0. The van der Waals surface area contributed by atoms with Crippen molar-refractivity contribution in [3.63, 3.8) is 0 Å². The molecule has 0 fully saturated rings. The number of carbonyl (C=O) groups is 3. The molecule has 7 heteroatoms. The Morgan fingerprint density at radius 1 is 0.579 bits per heavy atom. The van der Waals surface area contributed by atoms with Crippen LogP contribution in [0.3, 0.4) is 0 Å². The van der Waals surface area contributed by atoms with Crippen molar-refractivity contribution in [1.29, 1.82) is 0 Å². The van der Waals surface area contributed by atoms with Crippen molar-refractivity contribution in [1.82, 2.24) is 0 Å². The Bertz CT molecular complexity index is 218. The Hall–Kier alpha value is -0.486. The monoisotopic (exact) mass is 353 g/mol. The molecule has 0 unspecified atom stereocenters. The number of hydrogen-bond donors (Lipinski definition) is 3. The van der Waals surface area contributed by atoms with Crippen molar-refractivity contribution in [2.45, 2.75) is 41.5 Å². The van der Waals surface area contributed by atoms with Crippen molar-refractivity contribution in [2.24, 2.45) is 17.8 Å². The first-order valence-corrected chi connectivity index (χ1v) is 5.61. The molecule has 0 aliphatic rings. The van der Waals surface area contributed by atoms with Gasteiger partial charge in [-0.05, 0) is 0 Å². The van der Waals surface area contributed by atoms with Gasteiger partial charge in [0.05, 0.1) is 17.8 Å². The molecule has 0 bridgehead atoms. The minimum absolute atomic E-state index is 0. The van der Waals surface area contributed by atoms with Crippen LogP contribution in [0.4, 0.5) is 0 Å². The van der Waals surface area contributed by atoms with E-state index in [0.717, 1.165) is 0 Å². The van der Waals surface area contributed by atoms with Crippen LogP contribution in [0.2, 0.25) is 0 Å². The second-order valence-corrected chi connectivity index (χ2v) is 4.48. The zero-order valence-electron chi connectivity index (χ0n) is 12.4. The van der Waals surface area contributed by atoms with E-state index in [1.807, 2.05) is 0 Å². The molecule has 6 nitrogen and oxygen atoms in total. The molecule has 0 atom stereocenters. The zero-order chi connectivity index (χ0) is 15.5. The normalized spacial score (nSPS) is 8.68. The summed E-state index contributed by atoms with van der Waals surface area (Å²) >= 11 is 0. The van der Waals surface area contributed by atoms with Crippen molar-refractivity contribution in [3.05, 3.63) is 0 Å². The molecule has 1 radical (unpaired) electrons. The van der Waals surface area contributed by atoms with Crippen LogP contribution in [0.25, 0.3) is 0 Å². The quantitative estimate of drug-likeness (QED) is 0.717. The molecule has 0 heterocycles. The molecular weight excluding hydrogens is 329 g/mol. The second kappa shape index (κ2) is 15.6. The van der Waals surface area contributed by atoms with Crippen LogP contribution in [0.5, 0.6) is 0 Å². The van der Waals surface area contributed by atoms with Crippen LogP contribution in [0.15, 0.2) is 0 Å². The van der Waals surface area contributed by atoms with E-state index in [9.17, 15) is 14.4 Å². The van der Waals surface area contributed by atoms with Crippen LogP contribution in [0.1, 0.15) is 41.5 Å². The van der Waals surface area contributed by atoms with Crippen LogP contribution < -0.4 is 0 Å². The van der Waals surface area contributed by atoms with Gasteiger partial charge in [0.2, 0.25) is 0 Å². The fourth-order valence-electron chi connectivity index (χ4n) is 0. The third-order valence-corrected chi connectivity index (χ3v) is 1.48. The molecule has 0 amide bonds. The molecular formula is C12H24O6Y. The topological polar surface area (TPSA) is 112 Å². The largest absolute Gasteiger partial charge is 0.481 e. The maximum absolute atomic E-state index is 9.70. The van der Waals surface area contributed by atoms with Gasteiger partial charge in [-0.2, -0.15) is 0 Å². The third-order valence-electron chi connectivity index (χ3n) is 1.48. The molecule has 111 valence electrons. The first-order chi connectivity index (χ1) is 7.93. The second-order valence-electron chi connectivity index (χ2n) is 4.48. The van der Waals surface area contributed by atoms with Gasteiger partial charge in [0, 0.05) is 32.7 Å². The summed E-state index contributed by atoms with van der Waals surface area (Å²) in [6.07, 6.45) is 0. The van der Waals surface area contributed by atoms with E-state index in [1.165, 1.54) is 0 Å². The fourth-order valence-corrected chi connectivity index (χ4v) is 0. The summed E-state index contributed by atoms with van der Waals surface area (Å²) in [5, 5.41) is 24.0. The maximum Gasteiger partial charge on any atom is 0.305 e. The van der Waals surface area contributed by atoms with E-state index in [2.05, 4.69) is 0 Å². The maximum atomic E-state index is 9.70. The van der Waals surface area contributed by atoms with Gasteiger partial charge >= 0.3 is 17.9 Å². The molecule has 0 saturated heterocycles. The molecule has 0 aromatic carbocycles. The molecule has 0 aliphatic carbocycles. The standard InChI is InChI=1S/3C4H8O2.Y/c3*1-3(2)4(5)6;/h3*3H,1-2H3,(H,5,6);. The third kappa shape index (κ3) is 31.8. The summed E-state index contributed by atoms with van der Waals surface area (Å²) in [6.45, 7) is 9.85. The SMILES string of the molecule is CC(C)C(=O)O.CC(C)C(=O)O.CC(C)C(=O)O.[Y]. The van der Waals surface area contributed by atoms with Gasteiger partial charge in [0.15, 0.2) is 0 Å². The van der Waals surface area contributed by atoms with Gasteiger partial charge in [0.1, 0.15) is 0 Å². The van der Waals surface area contributed by atoms with E-state index < -0.39 is 17.9 Å². The summed E-state index contributed by atoms with van der Waals surface area (Å²) in [5.74, 6) is -2.92. The fraction of sp³-hybridized carbons (Fsp3) is 0.750. The minimum atomic E-state index is -0.741. The summed E-state index contributed by atoms with van der Waals surface area (Å²) in [6, 6.07) is 0. The van der Waals surface area contributed by atoms with Gasteiger partial charge in [-0.15, -0.1) is 0 Å². The first-order valence-electron chi connectivity index (χ1n) is 5.61. The smallest absolute Gasteiger partial charge is 0.305 e. The predicted molar refractivity (Wildman–Crippen MR) is 67.4 cm³/mol. The summed E-state index contributed by atoms with van der Waals surface area (Å²) < 4.78 is 0. The van der Waals surface area contributed by atoms with Crippen molar-refractivity contribution < 1.29 is 62.4 Å². The van der Waals surface area contributed by atoms with E-state index >= 15 is 0 Å². The van der Waals surface area contributed by atoms with Gasteiger partial charge < -0.3 is 15.3 Å². The number of carboxylic acid groups (broad SMARTS) is 3. The van der Waals surface area contributed by atoms with E-state index in [0.29, 0.717) is 0 Å². The number of carboxylic acids is 3. The van der Waals surface area contributed by atoms with Crippen molar-refractivity contribution in [3.8, 4) is 0 Å². The van der Waals surface area contributed by atoms with Crippen molar-refractivity contribution in [2.75, 3.05) is 0 Å². The average Bonchev–Trinajstić information content (AvgIpc) is 2.18. The van der Waals surface area contributed by atoms with Gasteiger partial charge in [-0.25, -0.2) is 0 Å². The Labute approximate surface area is 139 Å². The van der Waals surface area contributed by atoms with Crippen LogP contribution in [-0.2, 0) is 47.1 Å². The predicted octanol–water partition coefficient (Wildman–Crippen LogP) is 2.18. The van der Waals surface area contributed by atoms with Crippen LogP contribution in [-0.4, -0.2) is 33.2 Å². The Kier molecular flexibility index (Phi) is 22.1. The van der Waals surface area contributed by atoms with Gasteiger partial charge in [-0.1, -0.05) is 41.5 Å². The molecule has 0 aliphatic heterocycles. The number of hydrogen-bond acceptors (Lipinski definition) is 3. The van der Waals surface area contributed by atoms with Gasteiger partial charge in [-0.3, -0.25) is 14.4 Å². The summed E-state index contributed by atoms with van der Waals surface area (Å²) in [7, 11) is 0. The Morgan fingerprint density at radius 2 is 0.632 bits per heavy atom.